The average Bonchev–Trinajstić information content (AvgIpc) is 2.70. The van der Waals surface area contributed by atoms with E-state index in [0.717, 1.165) is 19.3 Å². The molecule has 0 saturated carbocycles. The van der Waals surface area contributed by atoms with Gasteiger partial charge in [0.05, 0.1) is 6.61 Å². The van der Waals surface area contributed by atoms with E-state index in [4.69, 9.17) is 4.74 Å². The number of halogens is 4. The maximum Gasteiger partial charge on any atom is 0.426 e. The molecule has 0 aromatic carbocycles. The summed E-state index contributed by atoms with van der Waals surface area (Å²) < 4.78 is 48.6. The molecule has 0 heterocycles. The normalized spacial score (nSPS) is 13.2. The van der Waals surface area contributed by atoms with Crippen molar-refractivity contribution in [1.29, 1.82) is 0 Å². The van der Waals surface area contributed by atoms with Crippen LogP contribution in [-0.4, -0.2) is 36.2 Å². The predicted octanol–water partition coefficient (Wildman–Crippen LogP) is 7.13. The zero-order chi connectivity index (χ0) is 23.0. The summed E-state index contributed by atoms with van der Waals surface area (Å²) >= 11 is 2.71. The first-order valence-corrected chi connectivity index (χ1v) is 12.3. The molecule has 0 amide bonds. The van der Waals surface area contributed by atoms with Gasteiger partial charge in [0.15, 0.2) is 5.41 Å². The zero-order valence-corrected chi connectivity index (χ0v) is 20.2. The molecule has 0 aromatic rings. The number of unbranched alkanes of at least 4 members (excludes halogenated alkanes) is 9. The molecular formula is C22H38BrF3O4. The molecule has 30 heavy (non-hydrogen) atoms. The second-order valence-electron chi connectivity index (χ2n) is 7.70. The number of carbonyl (C=O) groups excluding carboxylic acids is 2. The number of alkyl halides is 4. The Balaban J connectivity index is 4.37. The van der Waals surface area contributed by atoms with Gasteiger partial charge in [0.2, 0.25) is 6.10 Å². The summed E-state index contributed by atoms with van der Waals surface area (Å²) in [5.74, 6) is -1.98. The minimum atomic E-state index is -4.70. The minimum Gasteiger partial charge on any atom is -0.465 e. The molecular weight excluding hydrogens is 465 g/mol. The molecule has 8 heteroatoms. The van der Waals surface area contributed by atoms with Crippen molar-refractivity contribution in [2.75, 3.05) is 11.9 Å². The Morgan fingerprint density at radius 3 is 1.67 bits per heavy atom. The fourth-order valence-electron chi connectivity index (χ4n) is 3.23. The fraction of sp³-hybridized carbons (Fsp3) is 0.909. The molecule has 0 aliphatic rings. The van der Waals surface area contributed by atoms with Crippen LogP contribution in [0, 0.1) is 5.41 Å². The summed E-state index contributed by atoms with van der Waals surface area (Å²) in [6.45, 7) is 5.50. The maximum absolute atomic E-state index is 12.9. The number of carbonyl (C=O) groups is 2. The third-order valence-corrected chi connectivity index (χ3v) is 6.06. The summed E-state index contributed by atoms with van der Waals surface area (Å²) in [7, 11) is 0. The van der Waals surface area contributed by atoms with Crippen LogP contribution in [0.5, 0.6) is 0 Å². The first-order valence-electron chi connectivity index (χ1n) is 11.2. The molecule has 4 nitrogen and oxygen atoms in total. The van der Waals surface area contributed by atoms with E-state index in [-0.39, 0.29) is 19.4 Å². The van der Waals surface area contributed by atoms with Crippen LogP contribution in [0.15, 0.2) is 0 Å². The Bertz CT molecular complexity index is 479. The second kappa shape index (κ2) is 15.9. The highest BCUT2D eigenvalue weighted by Gasteiger charge is 2.50. The Hall–Kier alpha value is -0.790. The van der Waals surface area contributed by atoms with Crippen molar-refractivity contribution in [3.8, 4) is 0 Å². The molecule has 1 atom stereocenters. The van der Waals surface area contributed by atoms with Crippen molar-refractivity contribution in [1.82, 2.24) is 0 Å². The van der Waals surface area contributed by atoms with Gasteiger partial charge in [0.1, 0.15) is 0 Å². The van der Waals surface area contributed by atoms with E-state index in [1.165, 1.54) is 38.5 Å². The summed E-state index contributed by atoms with van der Waals surface area (Å²) in [6.07, 6.45) is 4.40. The van der Waals surface area contributed by atoms with Gasteiger partial charge in [-0.05, 0) is 19.3 Å². The molecule has 0 bridgehead atoms. The van der Waals surface area contributed by atoms with Crippen molar-refractivity contribution in [2.45, 2.75) is 110 Å². The smallest absolute Gasteiger partial charge is 0.426 e. The average molecular weight is 503 g/mol. The lowest BCUT2D eigenvalue weighted by Gasteiger charge is -2.29. The van der Waals surface area contributed by atoms with Crippen LogP contribution in [0.3, 0.4) is 0 Å². The molecule has 0 aliphatic carbocycles. The van der Waals surface area contributed by atoms with Crippen LogP contribution in [0.2, 0.25) is 0 Å². The summed E-state index contributed by atoms with van der Waals surface area (Å²) in [5.41, 5.74) is -1.70. The molecule has 0 N–H and O–H groups in total. The van der Waals surface area contributed by atoms with E-state index in [1.807, 2.05) is 0 Å². The molecule has 0 aromatic heterocycles. The van der Waals surface area contributed by atoms with E-state index >= 15 is 0 Å². The number of esters is 2. The van der Waals surface area contributed by atoms with Crippen LogP contribution in [0.1, 0.15) is 97.8 Å². The standard InChI is InChI=1S/C22H38BrF3O4/c1-4-7-8-9-10-11-12-13-14-15-16-29-19(27)21(5-2,6-3)20(28)30-18(17-23)22(24,25)26/h18H,4-17H2,1-3H3. The Kier molecular flexibility index (Phi) is 15.5. The van der Waals surface area contributed by atoms with Gasteiger partial charge < -0.3 is 9.47 Å². The Labute approximate surface area is 187 Å². The maximum atomic E-state index is 12.9. The van der Waals surface area contributed by atoms with Crippen LogP contribution < -0.4 is 0 Å². The van der Waals surface area contributed by atoms with Crippen molar-refractivity contribution in [3.05, 3.63) is 0 Å². The third kappa shape index (κ3) is 10.5. The lowest BCUT2D eigenvalue weighted by Crippen LogP contribution is -2.45. The minimum absolute atomic E-state index is 0.0199. The molecule has 1 unspecified atom stereocenters. The summed E-state index contributed by atoms with van der Waals surface area (Å²) in [5, 5.41) is -0.584. The highest BCUT2D eigenvalue weighted by atomic mass is 79.9. The van der Waals surface area contributed by atoms with E-state index in [2.05, 4.69) is 27.6 Å². The van der Waals surface area contributed by atoms with Gasteiger partial charge in [-0.15, -0.1) is 0 Å². The molecule has 0 spiro atoms. The highest BCUT2D eigenvalue weighted by molar-refractivity contribution is 9.09. The third-order valence-electron chi connectivity index (χ3n) is 5.47. The molecule has 178 valence electrons. The molecule has 0 rings (SSSR count). The van der Waals surface area contributed by atoms with Crippen LogP contribution >= 0.6 is 15.9 Å². The van der Waals surface area contributed by atoms with Crippen molar-refractivity contribution >= 4 is 27.9 Å². The van der Waals surface area contributed by atoms with Crippen molar-refractivity contribution in [2.24, 2.45) is 5.41 Å². The molecule has 0 fully saturated rings. The van der Waals surface area contributed by atoms with Crippen LogP contribution in [-0.2, 0) is 19.1 Å². The lowest BCUT2D eigenvalue weighted by molar-refractivity contribution is -0.222. The van der Waals surface area contributed by atoms with E-state index < -0.39 is 35.0 Å². The molecule has 0 aliphatic heterocycles. The fourth-order valence-corrected chi connectivity index (χ4v) is 3.73. The van der Waals surface area contributed by atoms with Gasteiger partial charge >= 0.3 is 18.1 Å². The highest BCUT2D eigenvalue weighted by Crippen LogP contribution is 2.33. The lowest BCUT2D eigenvalue weighted by atomic mass is 9.82. The van der Waals surface area contributed by atoms with Gasteiger partial charge in [-0.1, -0.05) is 94.5 Å². The van der Waals surface area contributed by atoms with Gasteiger partial charge in [-0.2, -0.15) is 13.2 Å². The number of ether oxygens (including phenoxy) is 2. The number of rotatable bonds is 17. The molecule has 0 saturated heterocycles. The van der Waals surface area contributed by atoms with Gasteiger partial charge in [0, 0.05) is 5.33 Å². The predicted molar refractivity (Wildman–Crippen MR) is 116 cm³/mol. The van der Waals surface area contributed by atoms with Crippen molar-refractivity contribution < 1.29 is 32.2 Å². The topological polar surface area (TPSA) is 52.6 Å². The van der Waals surface area contributed by atoms with Crippen molar-refractivity contribution in [3.63, 3.8) is 0 Å². The van der Waals surface area contributed by atoms with E-state index in [1.54, 1.807) is 13.8 Å². The van der Waals surface area contributed by atoms with Crippen LogP contribution in [0.25, 0.3) is 0 Å². The van der Waals surface area contributed by atoms with E-state index in [0.29, 0.717) is 6.42 Å². The quantitative estimate of drug-likeness (QED) is 0.0918. The number of hydrogen-bond donors (Lipinski definition) is 0. The first kappa shape index (κ1) is 29.2. The van der Waals surface area contributed by atoms with Gasteiger partial charge in [-0.25, -0.2) is 0 Å². The van der Waals surface area contributed by atoms with Gasteiger partial charge in [-0.3, -0.25) is 9.59 Å². The van der Waals surface area contributed by atoms with E-state index in [9.17, 15) is 22.8 Å². The SMILES string of the molecule is CCCCCCCCCCCCOC(=O)C(CC)(CC)C(=O)OC(CBr)C(F)(F)F. The largest absolute Gasteiger partial charge is 0.465 e. The number of hydrogen-bond acceptors (Lipinski definition) is 4. The summed E-state index contributed by atoms with van der Waals surface area (Å²) in [4.78, 5) is 25.0. The Morgan fingerprint density at radius 2 is 1.27 bits per heavy atom. The monoisotopic (exact) mass is 502 g/mol. The first-order chi connectivity index (χ1) is 14.2. The van der Waals surface area contributed by atoms with Gasteiger partial charge in [0.25, 0.3) is 0 Å². The van der Waals surface area contributed by atoms with Crippen LogP contribution in [0.4, 0.5) is 13.2 Å². The second-order valence-corrected chi connectivity index (χ2v) is 8.34. The summed E-state index contributed by atoms with van der Waals surface area (Å²) in [6, 6.07) is 0. The molecule has 0 radical (unpaired) electrons. The Morgan fingerprint density at radius 1 is 0.800 bits per heavy atom. The zero-order valence-electron chi connectivity index (χ0n) is 18.6.